The number of nitro benzene ring substituents is 1. The molecule has 0 spiro atoms. The summed E-state index contributed by atoms with van der Waals surface area (Å²) in [6, 6.07) is 8.55. The smallest absolute Gasteiger partial charge is 0.273 e. The Balaban J connectivity index is 2.03. The Bertz CT molecular complexity index is 540. The van der Waals surface area contributed by atoms with Crippen LogP contribution in [0.15, 0.2) is 45.5 Å². The number of hydrogen-bond acceptors (Lipinski definition) is 4. The number of nitrogens with one attached hydrogen (secondary N) is 1. The quantitative estimate of drug-likeness (QED) is 0.680. The summed E-state index contributed by atoms with van der Waals surface area (Å²) in [5.41, 5.74) is 0.756. The zero-order valence-corrected chi connectivity index (χ0v) is 11.0. The molecule has 0 aliphatic rings. The van der Waals surface area contributed by atoms with Gasteiger partial charge in [0.1, 0.15) is 5.76 Å². The molecular formula is C12H11BrN2O3. The molecule has 6 heteroatoms. The number of furan rings is 1. The van der Waals surface area contributed by atoms with E-state index < -0.39 is 0 Å². The van der Waals surface area contributed by atoms with Crippen LogP contribution in [0.3, 0.4) is 0 Å². The minimum atomic E-state index is -0.379. The van der Waals surface area contributed by atoms with Gasteiger partial charge in [-0.05, 0) is 24.3 Å². The minimum absolute atomic E-state index is 0.116. The lowest BCUT2D eigenvalue weighted by molar-refractivity contribution is -0.385. The molecule has 2 rings (SSSR count). The van der Waals surface area contributed by atoms with Crippen molar-refractivity contribution in [1.82, 2.24) is 5.32 Å². The molecule has 0 amide bonds. The van der Waals surface area contributed by atoms with Gasteiger partial charge in [-0.3, -0.25) is 10.1 Å². The van der Waals surface area contributed by atoms with E-state index in [1.807, 2.05) is 6.07 Å². The van der Waals surface area contributed by atoms with Gasteiger partial charge in [-0.25, -0.2) is 0 Å². The molecule has 1 aromatic carbocycles. The first kappa shape index (κ1) is 12.8. The van der Waals surface area contributed by atoms with Gasteiger partial charge in [-0.2, -0.15) is 0 Å². The fourth-order valence-corrected chi connectivity index (χ4v) is 2.02. The highest BCUT2D eigenvalue weighted by Gasteiger charge is 2.13. The molecule has 0 radical (unpaired) electrons. The molecular weight excluding hydrogens is 300 g/mol. The molecule has 5 nitrogen and oxygen atoms in total. The normalized spacial score (nSPS) is 10.5. The second-order valence-electron chi connectivity index (χ2n) is 3.71. The monoisotopic (exact) mass is 310 g/mol. The molecule has 18 heavy (non-hydrogen) atoms. The second kappa shape index (κ2) is 5.79. The molecule has 94 valence electrons. The first-order valence-corrected chi connectivity index (χ1v) is 6.12. The van der Waals surface area contributed by atoms with E-state index in [-0.39, 0.29) is 10.6 Å². The number of rotatable bonds is 5. The number of nitro groups is 1. The predicted octanol–water partition coefficient (Wildman–Crippen LogP) is 3.24. The highest BCUT2D eigenvalue weighted by Crippen LogP contribution is 2.22. The molecule has 2 aromatic rings. The van der Waals surface area contributed by atoms with Crippen LogP contribution in [0.5, 0.6) is 0 Å². The molecule has 1 N–H and O–H groups in total. The van der Waals surface area contributed by atoms with Crippen LogP contribution < -0.4 is 5.32 Å². The van der Waals surface area contributed by atoms with E-state index in [1.54, 1.807) is 24.5 Å². The molecule has 0 bridgehead atoms. The Kier molecular flexibility index (Phi) is 4.11. The van der Waals surface area contributed by atoms with Gasteiger partial charge in [-0.1, -0.05) is 15.9 Å². The molecule has 1 aromatic heterocycles. The third kappa shape index (κ3) is 3.18. The number of benzene rings is 1. The van der Waals surface area contributed by atoms with Crippen molar-refractivity contribution in [1.29, 1.82) is 0 Å². The molecule has 0 aliphatic heterocycles. The van der Waals surface area contributed by atoms with Gasteiger partial charge < -0.3 is 9.73 Å². The van der Waals surface area contributed by atoms with Crippen LogP contribution in [0, 0.1) is 10.1 Å². The highest BCUT2D eigenvalue weighted by atomic mass is 79.9. The van der Waals surface area contributed by atoms with Gasteiger partial charge in [0.05, 0.1) is 17.7 Å². The third-order valence-corrected chi connectivity index (χ3v) is 2.93. The fourth-order valence-electron chi connectivity index (χ4n) is 1.61. The molecule has 0 saturated heterocycles. The van der Waals surface area contributed by atoms with E-state index in [2.05, 4.69) is 21.2 Å². The van der Waals surface area contributed by atoms with Gasteiger partial charge in [0.15, 0.2) is 0 Å². The molecule has 0 atom stereocenters. The van der Waals surface area contributed by atoms with Crippen LogP contribution in [0.1, 0.15) is 11.3 Å². The van der Waals surface area contributed by atoms with Crippen molar-refractivity contribution in [2.24, 2.45) is 0 Å². The van der Waals surface area contributed by atoms with Gasteiger partial charge in [-0.15, -0.1) is 0 Å². The van der Waals surface area contributed by atoms with E-state index >= 15 is 0 Å². The van der Waals surface area contributed by atoms with Crippen LogP contribution in [0.25, 0.3) is 0 Å². The van der Waals surface area contributed by atoms with Crippen molar-refractivity contribution in [3.8, 4) is 0 Å². The zero-order chi connectivity index (χ0) is 13.0. The van der Waals surface area contributed by atoms with Gasteiger partial charge in [0.25, 0.3) is 5.69 Å². The molecule has 0 aliphatic carbocycles. The Hall–Kier alpha value is -1.66. The number of halogens is 1. The molecule has 0 saturated carbocycles. The summed E-state index contributed by atoms with van der Waals surface area (Å²) >= 11 is 3.31. The minimum Gasteiger partial charge on any atom is -0.468 e. The van der Waals surface area contributed by atoms with E-state index in [1.165, 1.54) is 6.07 Å². The van der Waals surface area contributed by atoms with Crippen LogP contribution >= 0.6 is 15.9 Å². The summed E-state index contributed by atoms with van der Waals surface area (Å²) in [5, 5.41) is 14.0. The maximum absolute atomic E-state index is 10.9. The van der Waals surface area contributed by atoms with Gasteiger partial charge in [0, 0.05) is 22.6 Å². The standard InChI is InChI=1S/C12H11BrN2O3/c13-10-3-4-12(15(16)17)9(6-10)7-14-8-11-2-1-5-18-11/h1-6,14H,7-8H2. The third-order valence-electron chi connectivity index (χ3n) is 2.43. The topological polar surface area (TPSA) is 68.3 Å². The molecule has 0 unspecified atom stereocenters. The Morgan fingerprint density at radius 1 is 1.33 bits per heavy atom. The summed E-state index contributed by atoms with van der Waals surface area (Å²) < 4.78 is 5.99. The van der Waals surface area contributed by atoms with E-state index in [9.17, 15) is 10.1 Å². The number of nitrogens with zero attached hydrogens (tertiary/aromatic N) is 1. The second-order valence-corrected chi connectivity index (χ2v) is 4.63. The summed E-state index contributed by atoms with van der Waals surface area (Å²) in [7, 11) is 0. The SMILES string of the molecule is O=[N+]([O-])c1ccc(Br)cc1CNCc1ccco1. The lowest BCUT2D eigenvalue weighted by Gasteiger charge is -2.05. The first-order valence-electron chi connectivity index (χ1n) is 5.33. The van der Waals surface area contributed by atoms with Crippen molar-refractivity contribution < 1.29 is 9.34 Å². The van der Waals surface area contributed by atoms with Crippen molar-refractivity contribution in [3.05, 3.63) is 62.5 Å². The van der Waals surface area contributed by atoms with Crippen molar-refractivity contribution >= 4 is 21.6 Å². The maximum Gasteiger partial charge on any atom is 0.273 e. The maximum atomic E-state index is 10.9. The average Bonchev–Trinajstić information content (AvgIpc) is 2.82. The van der Waals surface area contributed by atoms with Crippen LogP contribution in [-0.2, 0) is 13.1 Å². The largest absolute Gasteiger partial charge is 0.468 e. The Morgan fingerprint density at radius 3 is 2.83 bits per heavy atom. The van der Waals surface area contributed by atoms with E-state index in [4.69, 9.17) is 4.42 Å². The van der Waals surface area contributed by atoms with Crippen LogP contribution in [0.2, 0.25) is 0 Å². The average molecular weight is 311 g/mol. The fraction of sp³-hybridized carbons (Fsp3) is 0.167. The van der Waals surface area contributed by atoms with Crippen LogP contribution in [0.4, 0.5) is 5.69 Å². The number of hydrogen-bond donors (Lipinski definition) is 1. The van der Waals surface area contributed by atoms with Crippen molar-refractivity contribution in [2.45, 2.75) is 13.1 Å². The van der Waals surface area contributed by atoms with Gasteiger partial charge >= 0.3 is 0 Å². The van der Waals surface area contributed by atoms with Crippen molar-refractivity contribution in [3.63, 3.8) is 0 Å². The summed E-state index contributed by atoms with van der Waals surface area (Å²) in [5.74, 6) is 0.799. The predicted molar refractivity (Wildman–Crippen MR) is 70.0 cm³/mol. The van der Waals surface area contributed by atoms with Crippen LogP contribution in [-0.4, -0.2) is 4.92 Å². The highest BCUT2D eigenvalue weighted by molar-refractivity contribution is 9.10. The van der Waals surface area contributed by atoms with Crippen molar-refractivity contribution in [2.75, 3.05) is 0 Å². The summed E-state index contributed by atoms with van der Waals surface area (Å²) in [4.78, 5) is 10.5. The van der Waals surface area contributed by atoms with E-state index in [0.717, 1.165) is 10.2 Å². The Labute approximate surface area is 112 Å². The zero-order valence-electron chi connectivity index (χ0n) is 9.43. The summed E-state index contributed by atoms with van der Waals surface area (Å²) in [6.45, 7) is 0.952. The molecule has 1 heterocycles. The van der Waals surface area contributed by atoms with Gasteiger partial charge in [0.2, 0.25) is 0 Å². The lowest BCUT2D eigenvalue weighted by atomic mass is 10.2. The van der Waals surface area contributed by atoms with E-state index in [0.29, 0.717) is 18.7 Å². The Morgan fingerprint density at radius 2 is 2.17 bits per heavy atom. The first-order chi connectivity index (χ1) is 8.66. The lowest BCUT2D eigenvalue weighted by Crippen LogP contribution is -2.13. The molecule has 0 fully saturated rings. The summed E-state index contributed by atoms with van der Waals surface area (Å²) in [6.07, 6.45) is 1.60.